The van der Waals surface area contributed by atoms with Crippen LogP contribution in [-0.4, -0.2) is 55.9 Å². The van der Waals surface area contributed by atoms with Gasteiger partial charge in [0.1, 0.15) is 6.54 Å². The summed E-state index contributed by atoms with van der Waals surface area (Å²) >= 11 is 2.59. The van der Waals surface area contributed by atoms with Gasteiger partial charge in [0, 0.05) is 30.6 Å². The van der Waals surface area contributed by atoms with E-state index in [1.807, 2.05) is 0 Å². The second-order valence-electron chi connectivity index (χ2n) is 5.57. The summed E-state index contributed by atoms with van der Waals surface area (Å²) < 4.78 is 25.8. The molecule has 0 saturated heterocycles. The lowest BCUT2D eigenvalue weighted by atomic mass is 10.2. The smallest absolute Gasteiger partial charge is 0.246 e. The molecule has 1 aliphatic heterocycles. The highest BCUT2D eigenvalue weighted by molar-refractivity contribution is 8.00. The van der Waals surface area contributed by atoms with Gasteiger partial charge in [0.25, 0.3) is 0 Å². The number of carbonyl (C=O) groups excluding carboxylic acids is 2. The number of sulfonamides is 1. The zero-order valence-electron chi connectivity index (χ0n) is 14.0. The van der Waals surface area contributed by atoms with Crippen molar-refractivity contribution < 1.29 is 18.0 Å². The molecule has 0 saturated carbocycles. The van der Waals surface area contributed by atoms with Crippen LogP contribution in [0.4, 0.5) is 10.8 Å². The van der Waals surface area contributed by atoms with Gasteiger partial charge in [-0.3, -0.25) is 9.59 Å². The van der Waals surface area contributed by atoms with E-state index in [4.69, 9.17) is 0 Å². The molecule has 0 bridgehead atoms. The van der Waals surface area contributed by atoms with E-state index in [2.05, 4.69) is 10.3 Å². The van der Waals surface area contributed by atoms with Crippen LogP contribution < -0.4 is 10.2 Å². The molecule has 1 N–H and O–H groups in total. The number of benzene rings is 1. The van der Waals surface area contributed by atoms with Crippen molar-refractivity contribution >= 4 is 55.8 Å². The topological polar surface area (TPSA) is 99.7 Å². The summed E-state index contributed by atoms with van der Waals surface area (Å²) in [4.78, 5) is 30.7. The van der Waals surface area contributed by atoms with Crippen LogP contribution in [0.3, 0.4) is 0 Å². The monoisotopic (exact) mass is 412 g/mol. The summed E-state index contributed by atoms with van der Waals surface area (Å²) in [6.07, 6.45) is 1.57. The van der Waals surface area contributed by atoms with Gasteiger partial charge < -0.3 is 10.2 Å². The Balaban J connectivity index is 1.90. The maximum absolute atomic E-state index is 12.4. The SMILES string of the molecule is CN(C)S(=O)(=O)c1ccc2c(c1)N(CC(=O)Nc1nccs1)C(=O)CS2. The molecule has 0 radical (unpaired) electrons. The van der Waals surface area contributed by atoms with E-state index in [0.717, 1.165) is 9.20 Å². The minimum Gasteiger partial charge on any atom is -0.301 e. The largest absolute Gasteiger partial charge is 0.301 e. The van der Waals surface area contributed by atoms with E-state index < -0.39 is 15.9 Å². The molecule has 26 heavy (non-hydrogen) atoms. The van der Waals surface area contributed by atoms with Crippen molar-refractivity contribution in [3.63, 3.8) is 0 Å². The van der Waals surface area contributed by atoms with Gasteiger partial charge in [-0.2, -0.15) is 0 Å². The molecule has 138 valence electrons. The fourth-order valence-corrected chi connectivity index (χ4v) is 4.70. The number of hydrogen-bond acceptors (Lipinski definition) is 7. The Labute approximate surface area is 159 Å². The molecule has 0 atom stereocenters. The molecule has 11 heteroatoms. The highest BCUT2D eigenvalue weighted by Crippen LogP contribution is 2.37. The number of nitrogens with one attached hydrogen (secondary N) is 1. The normalized spacial score (nSPS) is 14.4. The molecule has 0 spiro atoms. The number of amides is 2. The molecule has 1 aromatic carbocycles. The van der Waals surface area contributed by atoms with Crippen LogP contribution in [0.2, 0.25) is 0 Å². The first-order valence-corrected chi connectivity index (χ1v) is 10.8. The summed E-state index contributed by atoms with van der Waals surface area (Å²) in [5.74, 6) is -0.458. The molecule has 0 aliphatic carbocycles. The third kappa shape index (κ3) is 3.75. The first kappa shape index (κ1) is 18.8. The van der Waals surface area contributed by atoms with Crippen molar-refractivity contribution in [1.82, 2.24) is 9.29 Å². The fourth-order valence-electron chi connectivity index (χ4n) is 2.31. The summed E-state index contributed by atoms with van der Waals surface area (Å²) in [7, 11) is -0.767. The molecule has 2 amide bonds. The van der Waals surface area contributed by atoms with Gasteiger partial charge in [-0.15, -0.1) is 23.1 Å². The van der Waals surface area contributed by atoms with Crippen LogP contribution in [0.25, 0.3) is 0 Å². The van der Waals surface area contributed by atoms with E-state index in [1.165, 1.54) is 54.2 Å². The highest BCUT2D eigenvalue weighted by atomic mass is 32.2. The second-order valence-corrected chi connectivity index (χ2v) is 9.63. The van der Waals surface area contributed by atoms with Gasteiger partial charge in [0.05, 0.1) is 16.3 Å². The van der Waals surface area contributed by atoms with E-state index >= 15 is 0 Å². The number of anilines is 2. The Morgan fingerprint density at radius 3 is 2.81 bits per heavy atom. The molecular weight excluding hydrogens is 396 g/mol. The van der Waals surface area contributed by atoms with Crippen LogP contribution in [0.1, 0.15) is 0 Å². The van der Waals surface area contributed by atoms with Crippen LogP contribution in [0.5, 0.6) is 0 Å². The summed E-state index contributed by atoms with van der Waals surface area (Å²) in [6, 6.07) is 4.60. The lowest BCUT2D eigenvalue weighted by Gasteiger charge is -2.29. The first-order chi connectivity index (χ1) is 12.3. The molecule has 3 rings (SSSR count). The Morgan fingerprint density at radius 1 is 1.38 bits per heavy atom. The van der Waals surface area contributed by atoms with Crippen LogP contribution in [0, 0.1) is 0 Å². The second kappa shape index (κ2) is 7.35. The van der Waals surface area contributed by atoms with Gasteiger partial charge in [0.2, 0.25) is 21.8 Å². The number of aromatic nitrogens is 1. The Morgan fingerprint density at radius 2 is 2.15 bits per heavy atom. The van der Waals surface area contributed by atoms with Gasteiger partial charge in [0.15, 0.2) is 5.13 Å². The van der Waals surface area contributed by atoms with E-state index in [-0.39, 0.29) is 23.1 Å². The lowest BCUT2D eigenvalue weighted by molar-refractivity contribution is -0.120. The van der Waals surface area contributed by atoms with Gasteiger partial charge in [-0.05, 0) is 18.2 Å². The number of hydrogen-bond donors (Lipinski definition) is 1. The van der Waals surface area contributed by atoms with Crippen molar-refractivity contribution in [2.45, 2.75) is 9.79 Å². The predicted octanol–water partition coefficient (Wildman–Crippen LogP) is 1.47. The number of thioether (sulfide) groups is 1. The minimum atomic E-state index is -3.64. The number of thiazole rings is 1. The standard InChI is InChI=1S/C15H16N4O4S3/c1-18(2)26(22,23)10-3-4-12-11(7-10)19(14(21)9-25-12)8-13(20)17-15-16-5-6-24-15/h3-7H,8-9H2,1-2H3,(H,16,17,20). The third-order valence-electron chi connectivity index (χ3n) is 3.63. The van der Waals surface area contributed by atoms with Gasteiger partial charge in [-0.1, -0.05) is 0 Å². The molecule has 2 aromatic rings. The molecule has 0 fully saturated rings. The first-order valence-electron chi connectivity index (χ1n) is 7.48. The number of fused-ring (bicyclic) bond motifs is 1. The van der Waals surface area contributed by atoms with E-state index in [9.17, 15) is 18.0 Å². The minimum absolute atomic E-state index is 0.0712. The van der Waals surface area contributed by atoms with Crippen LogP contribution >= 0.6 is 23.1 Å². The van der Waals surface area contributed by atoms with Crippen molar-refractivity contribution in [1.29, 1.82) is 0 Å². The fraction of sp³-hybridized carbons (Fsp3) is 0.267. The van der Waals surface area contributed by atoms with Crippen molar-refractivity contribution in [2.75, 3.05) is 36.6 Å². The summed E-state index contributed by atoms with van der Waals surface area (Å²) in [6.45, 7) is -0.211. The predicted molar refractivity (Wildman–Crippen MR) is 101 cm³/mol. The van der Waals surface area contributed by atoms with Gasteiger partial charge >= 0.3 is 0 Å². The van der Waals surface area contributed by atoms with Gasteiger partial charge in [-0.25, -0.2) is 17.7 Å². The molecule has 0 unspecified atom stereocenters. The zero-order valence-corrected chi connectivity index (χ0v) is 16.4. The van der Waals surface area contributed by atoms with E-state index in [1.54, 1.807) is 17.6 Å². The number of nitrogens with zero attached hydrogens (tertiary/aromatic N) is 3. The molecule has 2 heterocycles. The van der Waals surface area contributed by atoms with Crippen molar-refractivity contribution in [2.24, 2.45) is 0 Å². The zero-order chi connectivity index (χ0) is 18.9. The molecule has 8 nitrogen and oxygen atoms in total. The Hall–Kier alpha value is -1.95. The number of carbonyl (C=O) groups is 2. The average Bonchev–Trinajstić information content (AvgIpc) is 3.09. The maximum Gasteiger partial charge on any atom is 0.246 e. The molecular formula is C15H16N4O4S3. The summed E-state index contributed by atoms with van der Waals surface area (Å²) in [5, 5.41) is 4.80. The van der Waals surface area contributed by atoms with E-state index in [0.29, 0.717) is 10.8 Å². The maximum atomic E-state index is 12.4. The molecule has 1 aliphatic rings. The summed E-state index contributed by atoms with van der Waals surface area (Å²) in [5.41, 5.74) is 0.420. The average molecular weight is 413 g/mol. The van der Waals surface area contributed by atoms with Crippen LogP contribution in [0.15, 0.2) is 39.6 Å². The lowest BCUT2D eigenvalue weighted by Crippen LogP contribution is -2.41. The van der Waals surface area contributed by atoms with Crippen molar-refractivity contribution in [3.8, 4) is 0 Å². The quantitative estimate of drug-likeness (QED) is 0.798. The van der Waals surface area contributed by atoms with Crippen LogP contribution in [-0.2, 0) is 19.6 Å². The number of rotatable bonds is 5. The van der Waals surface area contributed by atoms with Crippen molar-refractivity contribution in [3.05, 3.63) is 29.8 Å². The third-order valence-corrected chi connectivity index (χ3v) is 7.18. The Kier molecular flexibility index (Phi) is 5.32. The Bertz CT molecular complexity index is 942. The molecule has 1 aromatic heterocycles. The highest BCUT2D eigenvalue weighted by Gasteiger charge is 2.29.